The van der Waals surface area contributed by atoms with Gasteiger partial charge in [0.15, 0.2) is 0 Å². The van der Waals surface area contributed by atoms with E-state index in [4.69, 9.17) is 0 Å². The first-order valence-electron chi connectivity index (χ1n) is 5.45. The van der Waals surface area contributed by atoms with E-state index in [1.807, 2.05) is 0 Å². The normalized spacial score (nSPS) is 17.4. The molecule has 3 nitrogen and oxygen atoms in total. The van der Waals surface area contributed by atoms with Gasteiger partial charge in [0.1, 0.15) is 5.82 Å². The lowest BCUT2D eigenvalue weighted by atomic mass is 9.77. The summed E-state index contributed by atoms with van der Waals surface area (Å²) in [7, 11) is 0. The number of carbonyl (C=O) groups excluding carboxylic acids is 1. The van der Waals surface area contributed by atoms with Crippen molar-refractivity contribution in [3.8, 4) is 0 Å². The molecule has 5 heteroatoms. The van der Waals surface area contributed by atoms with Crippen molar-refractivity contribution in [2.45, 2.75) is 24.8 Å². The molecule has 0 saturated heterocycles. The highest BCUT2D eigenvalue weighted by molar-refractivity contribution is 9.10. The van der Waals surface area contributed by atoms with E-state index in [9.17, 15) is 14.3 Å². The van der Waals surface area contributed by atoms with Crippen molar-refractivity contribution in [1.82, 2.24) is 5.32 Å². The molecule has 1 saturated carbocycles. The molecule has 0 aliphatic heterocycles. The molecule has 0 unspecified atom stereocenters. The van der Waals surface area contributed by atoms with E-state index >= 15 is 0 Å². The van der Waals surface area contributed by atoms with Gasteiger partial charge in [0.25, 0.3) is 5.91 Å². The Balaban J connectivity index is 2.17. The number of benzene rings is 1. The second kappa shape index (κ2) is 4.74. The van der Waals surface area contributed by atoms with Crippen LogP contribution in [0.25, 0.3) is 0 Å². The maximum Gasteiger partial charge on any atom is 0.254 e. The molecule has 17 heavy (non-hydrogen) atoms. The van der Waals surface area contributed by atoms with E-state index in [-0.39, 0.29) is 12.2 Å². The van der Waals surface area contributed by atoms with Crippen molar-refractivity contribution in [3.63, 3.8) is 0 Å². The first-order valence-corrected chi connectivity index (χ1v) is 6.24. The predicted octanol–water partition coefficient (Wildman–Crippen LogP) is 2.23. The van der Waals surface area contributed by atoms with E-state index < -0.39 is 17.3 Å². The Morgan fingerprint density at radius 3 is 2.76 bits per heavy atom. The Kier molecular flexibility index (Phi) is 3.49. The topological polar surface area (TPSA) is 49.3 Å². The zero-order valence-corrected chi connectivity index (χ0v) is 10.8. The van der Waals surface area contributed by atoms with Gasteiger partial charge in [0, 0.05) is 4.47 Å². The van der Waals surface area contributed by atoms with E-state index in [0.717, 1.165) is 19.3 Å². The minimum Gasteiger partial charge on any atom is -0.394 e. The fraction of sp³-hybridized carbons (Fsp3) is 0.417. The van der Waals surface area contributed by atoms with Crippen LogP contribution in [0.3, 0.4) is 0 Å². The number of aliphatic hydroxyl groups is 1. The molecule has 0 heterocycles. The highest BCUT2D eigenvalue weighted by Gasteiger charge is 2.38. The average Bonchev–Trinajstić information content (AvgIpc) is 2.26. The number of nitrogens with one attached hydrogen (secondary N) is 1. The van der Waals surface area contributed by atoms with Crippen LogP contribution >= 0.6 is 15.9 Å². The summed E-state index contributed by atoms with van der Waals surface area (Å²) < 4.78 is 14.1. The average molecular weight is 302 g/mol. The van der Waals surface area contributed by atoms with Crippen LogP contribution in [0.4, 0.5) is 4.39 Å². The van der Waals surface area contributed by atoms with E-state index in [1.54, 1.807) is 0 Å². The summed E-state index contributed by atoms with van der Waals surface area (Å²) in [6, 6.07) is 4.22. The summed E-state index contributed by atoms with van der Waals surface area (Å²) in [4.78, 5) is 11.9. The predicted molar refractivity (Wildman–Crippen MR) is 65.2 cm³/mol. The molecule has 92 valence electrons. The lowest BCUT2D eigenvalue weighted by Crippen LogP contribution is -2.56. The van der Waals surface area contributed by atoms with Gasteiger partial charge < -0.3 is 10.4 Å². The Morgan fingerprint density at radius 2 is 2.24 bits per heavy atom. The molecular formula is C12H13BrFNO2. The van der Waals surface area contributed by atoms with Crippen molar-refractivity contribution in [3.05, 3.63) is 34.1 Å². The number of rotatable bonds is 3. The minimum atomic E-state index is -0.557. The summed E-state index contributed by atoms with van der Waals surface area (Å²) in [5.41, 5.74) is -0.551. The molecule has 0 bridgehead atoms. The smallest absolute Gasteiger partial charge is 0.254 e. The molecule has 0 spiro atoms. The van der Waals surface area contributed by atoms with E-state index in [1.165, 1.54) is 18.2 Å². The highest BCUT2D eigenvalue weighted by Crippen LogP contribution is 2.31. The van der Waals surface area contributed by atoms with Crippen molar-refractivity contribution in [2.24, 2.45) is 0 Å². The van der Waals surface area contributed by atoms with Gasteiger partial charge in [-0.15, -0.1) is 0 Å². The molecule has 1 aliphatic carbocycles. The Hall–Kier alpha value is -0.940. The summed E-state index contributed by atoms with van der Waals surface area (Å²) >= 11 is 3.20. The molecule has 1 amide bonds. The molecule has 1 fully saturated rings. The largest absolute Gasteiger partial charge is 0.394 e. The number of hydrogen-bond acceptors (Lipinski definition) is 2. The Labute approximate surface area is 107 Å². The molecule has 1 aliphatic rings. The lowest BCUT2D eigenvalue weighted by Gasteiger charge is -2.40. The van der Waals surface area contributed by atoms with Crippen LogP contribution in [0.15, 0.2) is 22.7 Å². The second-order valence-electron chi connectivity index (χ2n) is 4.37. The zero-order valence-electron chi connectivity index (χ0n) is 9.17. The van der Waals surface area contributed by atoms with Gasteiger partial charge in [-0.25, -0.2) is 4.39 Å². The number of aliphatic hydroxyl groups excluding tert-OH is 1. The summed E-state index contributed by atoms with van der Waals surface area (Å²) in [6.45, 7) is -0.103. The molecule has 0 aromatic heterocycles. The van der Waals surface area contributed by atoms with E-state index in [0.29, 0.717) is 4.47 Å². The van der Waals surface area contributed by atoms with Gasteiger partial charge in [0.05, 0.1) is 17.7 Å². The van der Waals surface area contributed by atoms with Crippen molar-refractivity contribution in [1.29, 1.82) is 0 Å². The van der Waals surface area contributed by atoms with Gasteiger partial charge in [-0.3, -0.25) is 4.79 Å². The molecule has 0 radical (unpaired) electrons. The van der Waals surface area contributed by atoms with Gasteiger partial charge in [-0.05, 0) is 37.5 Å². The quantitative estimate of drug-likeness (QED) is 0.899. The van der Waals surface area contributed by atoms with Crippen molar-refractivity contribution >= 4 is 21.8 Å². The third-order valence-electron chi connectivity index (χ3n) is 3.17. The monoisotopic (exact) mass is 301 g/mol. The number of carbonyl (C=O) groups is 1. The second-order valence-corrected chi connectivity index (χ2v) is 5.29. The van der Waals surface area contributed by atoms with Crippen molar-refractivity contribution < 1.29 is 14.3 Å². The summed E-state index contributed by atoms with van der Waals surface area (Å²) in [6.07, 6.45) is 2.46. The lowest BCUT2D eigenvalue weighted by molar-refractivity contribution is 0.0638. The highest BCUT2D eigenvalue weighted by atomic mass is 79.9. The number of amides is 1. The fourth-order valence-corrected chi connectivity index (χ4v) is 2.27. The van der Waals surface area contributed by atoms with E-state index in [2.05, 4.69) is 21.2 Å². The summed E-state index contributed by atoms with van der Waals surface area (Å²) in [5.74, 6) is -1.03. The van der Waals surface area contributed by atoms with Gasteiger partial charge in [-0.1, -0.05) is 15.9 Å². The molecular weight excluding hydrogens is 289 g/mol. The summed E-state index contributed by atoms with van der Waals surface area (Å²) in [5, 5.41) is 12.0. The third-order valence-corrected chi connectivity index (χ3v) is 3.66. The van der Waals surface area contributed by atoms with Gasteiger partial charge >= 0.3 is 0 Å². The maximum absolute atomic E-state index is 13.5. The molecule has 1 aromatic carbocycles. The number of hydrogen-bond donors (Lipinski definition) is 2. The van der Waals surface area contributed by atoms with Crippen molar-refractivity contribution in [2.75, 3.05) is 6.61 Å². The molecule has 1 aromatic rings. The van der Waals surface area contributed by atoms with Crippen LogP contribution in [0, 0.1) is 5.82 Å². The standard InChI is InChI=1S/C12H13BrFNO2/c13-8-2-3-10(14)9(6-8)11(17)15-12(7-16)4-1-5-12/h2-3,6,16H,1,4-5,7H2,(H,15,17). The van der Waals surface area contributed by atoms with Crippen LogP contribution in [0.1, 0.15) is 29.6 Å². The Morgan fingerprint density at radius 1 is 1.53 bits per heavy atom. The minimum absolute atomic E-state index is 0.000833. The molecule has 0 atom stereocenters. The van der Waals surface area contributed by atoms with Crippen LogP contribution in [-0.4, -0.2) is 23.2 Å². The van der Waals surface area contributed by atoms with Gasteiger partial charge in [0.2, 0.25) is 0 Å². The number of halogens is 2. The maximum atomic E-state index is 13.5. The van der Waals surface area contributed by atoms with Crippen LogP contribution < -0.4 is 5.32 Å². The molecule has 2 N–H and O–H groups in total. The molecule has 2 rings (SSSR count). The zero-order chi connectivity index (χ0) is 12.5. The van der Waals surface area contributed by atoms with Gasteiger partial charge in [-0.2, -0.15) is 0 Å². The first-order chi connectivity index (χ1) is 8.06. The van der Waals surface area contributed by atoms with Crippen LogP contribution in [-0.2, 0) is 0 Å². The first kappa shape index (κ1) is 12.5. The fourth-order valence-electron chi connectivity index (χ4n) is 1.91. The Bertz CT molecular complexity index is 441. The third kappa shape index (κ3) is 2.50. The van der Waals surface area contributed by atoms with Crippen LogP contribution in [0.5, 0.6) is 0 Å². The van der Waals surface area contributed by atoms with Crippen LogP contribution in [0.2, 0.25) is 0 Å². The SMILES string of the molecule is O=C(NC1(CO)CCC1)c1cc(Br)ccc1F.